The maximum absolute atomic E-state index is 13.5. The molecule has 0 radical (unpaired) electrons. The number of hydrogen-bond donors (Lipinski definition) is 1. The van der Waals surface area contributed by atoms with Gasteiger partial charge in [-0.25, -0.2) is 14.6 Å². The fraction of sp³-hybridized carbons (Fsp3) is 0.310. The van der Waals surface area contributed by atoms with Crippen molar-refractivity contribution in [3.05, 3.63) is 92.9 Å². The molecule has 0 saturated heterocycles. The highest BCUT2D eigenvalue weighted by Crippen LogP contribution is 2.25. The summed E-state index contributed by atoms with van der Waals surface area (Å²) in [5.74, 6) is -0.604. The molecule has 0 aliphatic carbocycles. The lowest BCUT2D eigenvalue weighted by Crippen LogP contribution is -2.29. The number of esters is 2. The molecule has 3 heterocycles. The van der Waals surface area contributed by atoms with E-state index >= 15 is 0 Å². The number of thiophene rings is 1. The molecule has 1 amide bonds. The van der Waals surface area contributed by atoms with E-state index in [1.54, 1.807) is 50.9 Å². The van der Waals surface area contributed by atoms with Crippen LogP contribution in [0.5, 0.6) is 0 Å². The van der Waals surface area contributed by atoms with Gasteiger partial charge in [0.1, 0.15) is 17.6 Å². The third-order valence-electron chi connectivity index (χ3n) is 6.49. The van der Waals surface area contributed by atoms with Gasteiger partial charge in [0.05, 0.1) is 14.2 Å². The Kier molecular flexibility index (Phi) is 9.79. The van der Waals surface area contributed by atoms with E-state index in [1.807, 2.05) is 29.6 Å². The molecule has 1 atom stereocenters. The summed E-state index contributed by atoms with van der Waals surface area (Å²) in [6, 6.07) is 13.9. The molecule has 0 bridgehead atoms. The number of methoxy groups -OCH3 is 2. The van der Waals surface area contributed by atoms with E-state index in [2.05, 4.69) is 17.2 Å². The molecule has 3 aromatic heterocycles. The Morgan fingerprint density at radius 3 is 2.45 bits per heavy atom. The normalized spacial score (nSPS) is 11.7. The van der Waals surface area contributed by atoms with Gasteiger partial charge in [-0.3, -0.25) is 4.79 Å². The van der Waals surface area contributed by atoms with E-state index in [1.165, 1.54) is 14.2 Å². The van der Waals surface area contributed by atoms with Crippen molar-refractivity contribution in [2.24, 2.45) is 0 Å². The number of anilines is 1. The molecule has 210 valence electrons. The fourth-order valence-corrected chi connectivity index (χ4v) is 5.46. The number of rotatable bonds is 12. The first-order chi connectivity index (χ1) is 19.4. The first-order valence-corrected chi connectivity index (χ1v) is 14.1. The van der Waals surface area contributed by atoms with Crippen molar-refractivity contribution in [2.75, 3.05) is 19.5 Å². The van der Waals surface area contributed by atoms with Crippen LogP contribution in [0.4, 0.5) is 5.69 Å². The van der Waals surface area contributed by atoms with E-state index in [0.717, 1.165) is 23.3 Å². The van der Waals surface area contributed by atoms with Crippen molar-refractivity contribution in [3.63, 3.8) is 0 Å². The summed E-state index contributed by atoms with van der Waals surface area (Å²) in [7, 11) is 2.63. The molecular formula is C29H31ClN4O5S. The number of unbranched alkanes of at least 4 members (excludes halogenated alkanes) is 1. The molecule has 0 aliphatic rings. The van der Waals surface area contributed by atoms with Crippen LogP contribution >= 0.6 is 22.9 Å². The summed E-state index contributed by atoms with van der Waals surface area (Å²) in [5.41, 5.74) is 2.01. The topological polar surface area (TPSA) is 104 Å². The molecule has 9 nitrogen and oxygen atoms in total. The molecule has 1 N–H and O–H groups in total. The summed E-state index contributed by atoms with van der Waals surface area (Å²) >= 11 is 7.85. The molecule has 0 aliphatic heterocycles. The Bertz CT molecular complexity index is 1460. The lowest BCUT2D eigenvalue weighted by molar-refractivity contribution is -0.119. The molecular weight excluding hydrogens is 552 g/mol. The highest BCUT2D eigenvalue weighted by atomic mass is 35.5. The van der Waals surface area contributed by atoms with Crippen LogP contribution in [-0.4, -0.2) is 46.2 Å². The number of carbonyl (C=O) groups excluding carboxylic acids is 3. The van der Waals surface area contributed by atoms with Crippen LogP contribution in [0.3, 0.4) is 0 Å². The van der Waals surface area contributed by atoms with Gasteiger partial charge in [-0.1, -0.05) is 43.1 Å². The predicted molar refractivity (Wildman–Crippen MR) is 154 cm³/mol. The number of aryl methyl sites for hydroxylation is 1. The van der Waals surface area contributed by atoms with Crippen LogP contribution in [0, 0.1) is 0 Å². The van der Waals surface area contributed by atoms with Gasteiger partial charge in [-0.15, -0.1) is 11.3 Å². The van der Waals surface area contributed by atoms with Crippen molar-refractivity contribution in [3.8, 4) is 0 Å². The van der Waals surface area contributed by atoms with Gasteiger partial charge in [0, 0.05) is 36.1 Å². The van der Waals surface area contributed by atoms with Crippen molar-refractivity contribution in [1.29, 1.82) is 0 Å². The molecule has 11 heteroatoms. The standard InChI is InChI=1S/C29H31ClN4O5S/c1-4-5-10-24-32-26(30)25(29(37)39-3)34(24)18-19-11-13-20(14-12-19)31-27(35)23(17-21-8-7-16-40-21)33-15-6-9-22(33)28(36)38-2/h6-9,11-16,23H,4-5,10,17-18H2,1-3H3,(H,31,35)/t23-/m0/s1. The van der Waals surface area contributed by atoms with Crippen molar-refractivity contribution >= 4 is 46.5 Å². The van der Waals surface area contributed by atoms with E-state index in [0.29, 0.717) is 36.6 Å². The number of carbonyl (C=O) groups is 3. The maximum atomic E-state index is 13.5. The summed E-state index contributed by atoms with van der Waals surface area (Å²) in [5, 5.41) is 5.05. The molecule has 0 saturated carbocycles. The minimum Gasteiger partial charge on any atom is -0.464 e. The van der Waals surface area contributed by atoms with E-state index in [9.17, 15) is 14.4 Å². The molecule has 4 aromatic rings. The van der Waals surface area contributed by atoms with Crippen LogP contribution in [-0.2, 0) is 33.7 Å². The third-order valence-corrected chi connectivity index (χ3v) is 7.65. The zero-order valence-corrected chi connectivity index (χ0v) is 24.1. The van der Waals surface area contributed by atoms with Gasteiger partial charge in [-0.2, -0.15) is 0 Å². The number of nitrogens with one attached hydrogen (secondary N) is 1. The SMILES string of the molecule is CCCCc1nc(Cl)c(C(=O)OC)n1Cc1ccc(NC(=O)[C@H](Cc2cccs2)n2cccc2C(=O)OC)cc1. The van der Waals surface area contributed by atoms with Crippen LogP contribution in [0.15, 0.2) is 60.1 Å². The van der Waals surface area contributed by atoms with Crippen LogP contribution in [0.2, 0.25) is 5.15 Å². The second kappa shape index (κ2) is 13.5. The number of ether oxygens (including phenoxy) is 2. The quantitative estimate of drug-likeness (QED) is 0.212. The predicted octanol–water partition coefficient (Wildman–Crippen LogP) is 5.79. The molecule has 0 spiro atoms. The molecule has 0 fully saturated rings. The van der Waals surface area contributed by atoms with Gasteiger partial charge in [0.2, 0.25) is 5.91 Å². The first-order valence-electron chi connectivity index (χ1n) is 12.9. The summed E-state index contributed by atoms with van der Waals surface area (Å²) in [4.78, 5) is 43.7. The van der Waals surface area contributed by atoms with Crippen molar-refractivity contribution in [1.82, 2.24) is 14.1 Å². The highest BCUT2D eigenvalue weighted by molar-refractivity contribution is 7.09. The van der Waals surface area contributed by atoms with E-state index in [-0.39, 0.29) is 16.8 Å². The van der Waals surface area contributed by atoms with Crippen molar-refractivity contribution < 1.29 is 23.9 Å². The number of nitrogens with zero attached hydrogens (tertiary/aromatic N) is 3. The number of amides is 1. The minimum atomic E-state index is -0.667. The summed E-state index contributed by atoms with van der Waals surface area (Å²) in [6.07, 6.45) is 4.69. The Hall–Kier alpha value is -3.89. The van der Waals surface area contributed by atoms with Gasteiger partial charge >= 0.3 is 11.9 Å². The Balaban J connectivity index is 1.55. The second-order valence-corrected chi connectivity index (χ2v) is 10.5. The Morgan fingerprint density at radius 2 is 1.80 bits per heavy atom. The number of hydrogen-bond acceptors (Lipinski definition) is 7. The Labute approximate surface area is 241 Å². The van der Waals surface area contributed by atoms with Crippen LogP contribution in [0.25, 0.3) is 0 Å². The first kappa shape index (κ1) is 29.1. The molecule has 0 unspecified atom stereocenters. The average Bonchev–Trinajstić information content (AvgIpc) is 3.71. The van der Waals surface area contributed by atoms with Gasteiger partial charge in [0.15, 0.2) is 10.8 Å². The smallest absolute Gasteiger partial charge is 0.357 e. The Morgan fingerprint density at radius 1 is 1.05 bits per heavy atom. The minimum absolute atomic E-state index is 0.120. The number of benzene rings is 1. The average molecular weight is 583 g/mol. The number of halogens is 1. The lowest BCUT2D eigenvalue weighted by Gasteiger charge is -2.20. The van der Waals surface area contributed by atoms with Gasteiger partial charge in [0.25, 0.3) is 0 Å². The monoisotopic (exact) mass is 582 g/mol. The molecule has 40 heavy (non-hydrogen) atoms. The van der Waals surface area contributed by atoms with Gasteiger partial charge in [-0.05, 0) is 47.7 Å². The van der Waals surface area contributed by atoms with E-state index in [4.69, 9.17) is 21.1 Å². The van der Waals surface area contributed by atoms with Gasteiger partial charge < -0.3 is 23.9 Å². The number of imidazole rings is 1. The largest absolute Gasteiger partial charge is 0.464 e. The summed E-state index contributed by atoms with van der Waals surface area (Å²) < 4.78 is 13.3. The summed E-state index contributed by atoms with van der Waals surface area (Å²) in [6.45, 7) is 2.45. The maximum Gasteiger partial charge on any atom is 0.357 e. The fourth-order valence-electron chi connectivity index (χ4n) is 4.44. The zero-order chi connectivity index (χ0) is 28.6. The highest BCUT2D eigenvalue weighted by Gasteiger charge is 2.26. The molecule has 4 rings (SSSR count). The van der Waals surface area contributed by atoms with Crippen LogP contribution < -0.4 is 5.32 Å². The third kappa shape index (κ3) is 6.63. The lowest BCUT2D eigenvalue weighted by atomic mass is 10.1. The number of aromatic nitrogens is 3. The van der Waals surface area contributed by atoms with Crippen LogP contribution in [0.1, 0.15) is 63.0 Å². The zero-order valence-electron chi connectivity index (χ0n) is 22.6. The second-order valence-electron chi connectivity index (χ2n) is 9.13. The van der Waals surface area contributed by atoms with Crippen molar-refractivity contribution in [2.45, 2.75) is 45.2 Å². The van der Waals surface area contributed by atoms with E-state index < -0.39 is 18.0 Å². The molecule has 1 aromatic carbocycles.